The Balaban J connectivity index is 0.00000147. The average Bonchev–Trinajstić information content (AvgIpc) is 3.69. The van der Waals surface area contributed by atoms with Crippen LogP contribution in [0.3, 0.4) is 0 Å². The van der Waals surface area contributed by atoms with Gasteiger partial charge in [0.1, 0.15) is 24.6 Å². The molecule has 0 aliphatic rings. The zero-order valence-electron chi connectivity index (χ0n) is 33.1. The number of hydrogen-bond donors (Lipinski definition) is 4. The number of carbonyl (C=O) groups excluding carboxylic acids is 3. The number of aromatic amines is 1. The normalized spacial score (nSPS) is 10.8. The number of aromatic nitrogens is 2. The lowest BCUT2D eigenvalue weighted by Crippen LogP contribution is -2.28. The number of anilines is 2. The van der Waals surface area contributed by atoms with Crippen molar-refractivity contribution in [3.8, 4) is 11.5 Å². The molecule has 4 N–H and O–H groups in total. The van der Waals surface area contributed by atoms with E-state index in [0.29, 0.717) is 56.8 Å². The summed E-state index contributed by atoms with van der Waals surface area (Å²) in [6, 6.07) is 18.5. The van der Waals surface area contributed by atoms with Gasteiger partial charge >= 0.3 is 0 Å². The molecule has 54 heavy (non-hydrogen) atoms. The second-order valence-electron chi connectivity index (χ2n) is 12.5. The first-order chi connectivity index (χ1) is 25.9. The summed E-state index contributed by atoms with van der Waals surface area (Å²) in [5, 5.41) is 19.2. The Labute approximate surface area is 319 Å². The number of methoxy groups -OCH3 is 1. The molecule has 3 aromatic carbocycles. The quantitative estimate of drug-likeness (QED) is 0.0234. The molecule has 0 spiro atoms. The van der Waals surface area contributed by atoms with Crippen molar-refractivity contribution in [3.05, 3.63) is 112 Å². The number of amides is 2. The van der Waals surface area contributed by atoms with Crippen molar-refractivity contribution in [1.82, 2.24) is 15.5 Å². The molecule has 2 amide bonds. The third-order valence-electron chi connectivity index (χ3n) is 6.43. The predicted octanol–water partition coefficient (Wildman–Crippen LogP) is 8.66. The van der Waals surface area contributed by atoms with Gasteiger partial charge in [0.15, 0.2) is 12.0 Å². The van der Waals surface area contributed by atoms with E-state index < -0.39 is 0 Å². The Morgan fingerprint density at radius 3 is 2.22 bits per heavy atom. The fraction of sp³-hybridized carbons (Fsp3) is 0.341. The zero-order chi connectivity index (χ0) is 40.5. The number of nitrogens with zero attached hydrogens (tertiary/aromatic N) is 3. The minimum atomic E-state index is -0.390. The van der Waals surface area contributed by atoms with Crippen LogP contribution in [0.5, 0.6) is 11.5 Å². The maximum absolute atomic E-state index is 12.9. The highest BCUT2D eigenvalue weighted by Gasteiger charge is 2.13. The molecule has 0 saturated heterocycles. The van der Waals surface area contributed by atoms with Gasteiger partial charge in [0, 0.05) is 22.4 Å². The van der Waals surface area contributed by atoms with E-state index in [4.69, 9.17) is 9.47 Å². The summed E-state index contributed by atoms with van der Waals surface area (Å²) in [5.74, 6) is 0.281. The van der Waals surface area contributed by atoms with Crippen molar-refractivity contribution < 1.29 is 23.9 Å². The highest BCUT2D eigenvalue weighted by atomic mass is 16.5. The standard InChI is InChI=1S/C32H31N7O6.C5H12.2C2H6/c1-21(31(41)33-13-14-45-26-18-34-35-19-26)15-23-5-3-4-6-27(23)29(20-40)39-38-28-16-24(9-12-30(28)44-2)32(42)37-25-10-7-22(8-11-25)17-36-43;1-5(2,3)4;2*1-2/h3-12,15-16,18-20,38H,13-14,17H2,1-2H3,(H,33,41)(H,34,35)(H,37,42);1-4H3;2*1-2H3/b21-15+,39-29+;;;. The van der Waals surface area contributed by atoms with E-state index in [0.717, 1.165) is 5.56 Å². The molecule has 13 heteroatoms. The van der Waals surface area contributed by atoms with Crippen molar-refractivity contribution in [2.45, 2.75) is 68.9 Å². The summed E-state index contributed by atoms with van der Waals surface area (Å²) in [5.41, 5.74) is 6.81. The maximum Gasteiger partial charge on any atom is 0.255 e. The second kappa shape index (κ2) is 25.0. The fourth-order valence-corrected chi connectivity index (χ4v) is 4.12. The number of rotatable bonds is 15. The number of aldehydes is 1. The largest absolute Gasteiger partial charge is 0.495 e. The third kappa shape index (κ3) is 16.9. The lowest BCUT2D eigenvalue weighted by molar-refractivity contribution is -0.117. The average molecular weight is 742 g/mol. The topological polar surface area (TPSA) is 176 Å². The molecule has 290 valence electrons. The third-order valence-corrected chi connectivity index (χ3v) is 6.43. The van der Waals surface area contributed by atoms with E-state index in [-0.39, 0.29) is 37.2 Å². The number of nitrogens with one attached hydrogen (secondary N) is 4. The van der Waals surface area contributed by atoms with Crippen LogP contribution in [0.1, 0.15) is 89.4 Å². The van der Waals surface area contributed by atoms with Gasteiger partial charge in [-0.3, -0.25) is 24.9 Å². The van der Waals surface area contributed by atoms with Crippen molar-refractivity contribution in [2.75, 3.05) is 31.0 Å². The van der Waals surface area contributed by atoms with Crippen LogP contribution < -0.4 is 25.5 Å². The molecule has 0 bridgehead atoms. The van der Waals surface area contributed by atoms with Gasteiger partial charge in [-0.1, -0.05) is 97.0 Å². The Morgan fingerprint density at radius 2 is 1.63 bits per heavy atom. The molecule has 0 aliphatic carbocycles. The van der Waals surface area contributed by atoms with Crippen LogP contribution in [0.25, 0.3) is 6.08 Å². The number of nitroso groups, excluding NO2 is 1. The molecular formula is C41H55N7O6. The number of carbonyl (C=O) groups is 3. The number of hydrogen-bond acceptors (Lipinski definition) is 10. The van der Waals surface area contributed by atoms with Crippen LogP contribution in [-0.2, 0) is 16.1 Å². The number of benzene rings is 3. The van der Waals surface area contributed by atoms with Gasteiger partial charge in [0.2, 0.25) is 5.91 Å². The zero-order valence-corrected chi connectivity index (χ0v) is 33.1. The Morgan fingerprint density at radius 1 is 0.963 bits per heavy atom. The Hall–Kier alpha value is -6.11. The van der Waals surface area contributed by atoms with Gasteiger partial charge in [0.25, 0.3) is 5.91 Å². The van der Waals surface area contributed by atoms with E-state index in [1.54, 1.807) is 85.9 Å². The first-order valence-corrected chi connectivity index (χ1v) is 17.8. The van der Waals surface area contributed by atoms with Crippen LogP contribution in [0.15, 0.2) is 95.0 Å². The van der Waals surface area contributed by atoms with Crippen LogP contribution >= 0.6 is 0 Å². The first-order valence-electron chi connectivity index (χ1n) is 17.8. The molecule has 13 nitrogen and oxygen atoms in total. The van der Waals surface area contributed by atoms with Crippen LogP contribution in [-0.4, -0.2) is 54.3 Å². The van der Waals surface area contributed by atoms with Gasteiger partial charge in [-0.25, -0.2) is 0 Å². The smallest absolute Gasteiger partial charge is 0.255 e. The minimum Gasteiger partial charge on any atom is -0.495 e. The molecule has 0 atom stereocenters. The van der Waals surface area contributed by atoms with E-state index in [9.17, 15) is 19.3 Å². The SMILES string of the molecule is CC.CC.CC(C)(C)C.COc1ccc(C(=O)Nc2ccc(CN=O)cc2)cc1N/N=C(\C=O)c1ccccc1/C=C(\C)C(=O)NCCOc1cn[nH]c1. The van der Waals surface area contributed by atoms with Crippen molar-refractivity contribution in [2.24, 2.45) is 15.7 Å². The molecule has 4 rings (SSSR count). The van der Waals surface area contributed by atoms with E-state index in [1.807, 2.05) is 27.7 Å². The second-order valence-corrected chi connectivity index (χ2v) is 12.5. The van der Waals surface area contributed by atoms with E-state index in [2.05, 4.69) is 64.2 Å². The Kier molecular flexibility index (Phi) is 21.2. The van der Waals surface area contributed by atoms with E-state index >= 15 is 0 Å². The lowest BCUT2D eigenvalue weighted by atomic mass is 10.0. The molecule has 0 fully saturated rings. The van der Waals surface area contributed by atoms with Gasteiger partial charge in [0.05, 0.1) is 31.7 Å². The molecule has 1 heterocycles. The van der Waals surface area contributed by atoms with Gasteiger partial charge in [-0.05, 0) is 59.9 Å². The summed E-state index contributed by atoms with van der Waals surface area (Å²) in [4.78, 5) is 48.2. The van der Waals surface area contributed by atoms with Crippen molar-refractivity contribution in [3.63, 3.8) is 0 Å². The van der Waals surface area contributed by atoms with Gasteiger partial charge < -0.3 is 20.1 Å². The number of ether oxygens (including phenoxy) is 2. The summed E-state index contributed by atoms with van der Waals surface area (Å²) in [6.07, 6.45) is 5.39. The number of hydrazone groups is 1. The van der Waals surface area contributed by atoms with Crippen molar-refractivity contribution in [1.29, 1.82) is 0 Å². The molecule has 0 aliphatic heterocycles. The molecule has 4 aromatic rings. The summed E-state index contributed by atoms with van der Waals surface area (Å²) in [7, 11) is 1.47. The number of H-pyrrole nitrogens is 1. The molecule has 1 aromatic heterocycles. The summed E-state index contributed by atoms with van der Waals surface area (Å²) < 4.78 is 10.9. The summed E-state index contributed by atoms with van der Waals surface area (Å²) >= 11 is 0. The first kappa shape index (κ1) is 45.9. The fourth-order valence-electron chi connectivity index (χ4n) is 4.12. The highest BCUT2D eigenvalue weighted by Crippen LogP contribution is 2.27. The monoisotopic (exact) mass is 741 g/mol. The van der Waals surface area contributed by atoms with Gasteiger partial charge in [-0.2, -0.15) is 15.1 Å². The highest BCUT2D eigenvalue weighted by molar-refractivity contribution is 6.37. The Bertz CT molecular complexity index is 1790. The predicted molar refractivity (Wildman–Crippen MR) is 218 cm³/mol. The maximum atomic E-state index is 12.9. The van der Waals surface area contributed by atoms with Crippen LogP contribution in [0, 0.1) is 10.3 Å². The molecule has 0 unspecified atom stereocenters. The van der Waals surface area contributed by atoms with Crippen LogP contribution in [0.2, 0.25) is 0 Å². The van der Waals surface area contributed by atoms with Gasteiger partial charge in [-0.15, -0.1) is 0 Å². The lowest BCUT2D eigenvalue weighted by Gasteiger charge is -2.12. The van der Waals surface area contributed by atoms with Crippen LogP contribution in [0.4, 0.5) is 11.4 Å². The molecule has 0 radical (unpaired) electrons. The van der Waals surface area contributed by atoms with Crippen molar-refractivity contribution >= 4 is 41.3 Å². The molecule has 0 saturated carbocycles. The molecular weight excluding hydrogens is 686 g/mol. The van der Waals surface area contributed by atoms with E-state index in [1.165, 1.54) is 13.3 Å². The minimum absolute atomic E-state index is 0.0461. The summed E-state index contributed by atoms with van der Waals surface area (Å²) in [6.45, 7) is 19.0.